The third kappa shape index (κ3) is 3.99. The van der Waals surface area contributed by atoms with Crippen molar-refractivity contribution >= 4 is 0 Å². The fourth-order valence-corrected chi connectivity index (χ4v) is 2.46. The molecule has 10 heteroatoms. The van der Waals surface area contributed by atoms with Gasteiger partial charge >= 0.3 is 0 Å². The van der Waals surface area contributed by atoms with Crippen LogP contribution in [-0.4, -0.2) is 101 Å². The van der Waals surface area contributed by atoms with Gasteiger partial charge < -0.3 is 49.2 Å². The number of ether oxygens (including phenoxy) is 5. The van der Waals surface area contributed by atoms with E-state index in [2.05, 4.69) is 0 Å². The average molecular weight is 340 g/mol. The summed E-state index contributed by atoms with van der Waals surface area (Å²) >= 11 is 0. The quantitative estimate of drug-likeness (QED) is 0.249. The summed E-state index contributed by atoms with van der Waals surface area (Å²) in [5, 5.41) is 49.0. The van der Waals surface area contributed by atoms with Gasteiger partial charge in [0.2, 0.25) is 0 Å². The Balaban J connectivity index is 1.75. The second-order valence-corrected chi connectivity index (χ2v) is 5.78. The van der Waals surface area contributed by atoms with E-state index in [1.165, 1.54) is 14.0 Å². The van der Waals surface area contributed by atoms with E-state index in [9.17, 15) is 25.5 Å². The van der Waals surface area contributed by atoms with E-state index in [1.54, 1.807) is 0 Å². The van der Waals surface area contributed by atoms with Crippen molar-refractivity contribution in [1.29, 1.82) is 0 Å². The van der Waals surface area contributed by atoms with Gasteiger partial charge in [0.05, 0.1) is 19.3 Å². The number of aliphatic hydroxyl groups excluding tert-OH is 4. The van der Waals surface area contributed by atoms with Gasteiger partial charge in [0, 0.05) is 7.11 Å². The number of hydrogen-bond acceptors (Lipinski definition) is 10. The van der Waals surface area contributed by atoms with Crippen molar-refractivity contribution in [3.63, 3.8) is 0 Å². The van der Waals surface area contributed by atoms with Gasteiger partial charge in [0.1, 0.15) is 36.8 Å². The molecule has 0 amide bonds. The van der Waals surface area contributed by atoms with Crippen molar-refractivity contribution in [2.75, 3.05) is 27.1 Å². The minimum Gasteiger partial charge on any atom is -0.388 e. The second-order valence-electron chi connectivity index (χ2n) is 5.78. The molecule has 5 N–H and O–H groups in total. The molecule has 2 rings (SSSR count). The SMILES string of the molecule is CO[C@@H]1OC[C@](O)(COCO[C@H]2O[C@@H](C)[C@H](O)[C@@H](O)[C@H]2O)[C@H]1O. The predicted octanol–water partition coefficient (Wildman–Crippen LogP) is -3.10. The standard InChI is InChI=1S/C13H24O10/c1-6-7(14)8(15)9(16)11(23-6)22-5-20-3-13(18)4-21-12(19-2)10(13)17/h6-12,14-18H,3-5H2,1-2H3/t6-,7-,8+,9+,10-,11-,12+,13+/m0/s1. The Morgan fingerprint density at radius 3 is 2.39 bits per heavy atom. The molecular formula is C13H24O10. The Bertz CT molecular complexity index is 382. The van der Waals surface area contributed by atoms with Crippen LogP contribution in [0.4, 0.5) is 0 Å². The Hall–Kier alpha value is -0.400. The molecule has 0 radical (unpaired) electrons. The van der Waals surface area contributed by atoms with E-state index in [0.29, 0.717) is 0 Å². The van der Waals surface area contributed by atoms with E-state index in [4.69, 9.17) is 23.7 Å². The Labute approximate surface area is 133 Å². The molecule has 10 nitrogen and oxygen atoms in total. The van der Waals surface area contributed by atoms with Gasteiger partial charge in [-0.3, -0.25) is 0 Å². The van der Waals surface area contributed by atoms with Gasteiger partial charge in [0.25, 0.3) is 0 Å². The minimum atomic E-state index is -1.64. The highest BCUT2D eigenvalue weighted by Crippen LogP contribution is 2.26. The van der Waals surface area contributed by atoms with Gasteiger partial charge in [-0.05, 0) is 6.92 Å². The third-order valence-corrected chi connectivity index (χ3v) is 4.01. The maximum atomic E-state index is 10.2. The van der Waals surface area contributed by atoms with E-state index in [1.807, 2.05) is 0 Å². The summed E-state index contributed by atoms with van der Waals surface area (Å²) in [6.45, 7) is 0.690. The van der Waals surface area contributed by atoms with Crippen LogP contribution in [0.15, 0.2) is 0 Å². The highest BCUT2D eigenvalue weighted by molar-refractivity contribution is 4.93. The van der Waals surface area contributed by atoms with Crippen molar-refractivity contribution in [3.05, 3.63) is 0 Å². The molecule has 0 aromatic rings. The average Bonchev–Trinajstić information content (AvgIpc) is 2.82. The molecule has 2 saturated heterocycles. The van der Waals surface area contributed by atoms with Crippen LogP contribution in [0.5, 0.6) is 0 Å². The lowest BCUT2D eigenvalue weighted by molar-refractivity contribution is -0.312. The molecule has 0 aliphatic carbocycles. The smallest absolute Gasteiger partial charge is 0.189 e. The van der Waals surface area contributed by atoms with Gasteiger partial charge in [-0.25, -0.2) is 0 Å². The summed E-state index contributed by atoms with van der Waals surface area (Å²) in [5.41, 5.74) is -1.64. The van der Waals surface area contributed by atoms with Crippen molar-refractivity contribution in [2.24, 2.45) is 0 Å². The minimum absolute atomic E-state index is 0.169. The van der Waals surface area contributed by atoms with E-state index >= 15 is 0 Å². The predicted molar refractivity (Wildman–Crippen MR) is 72.0 cm³/mol. The van der Waals surface area contributed by atoms with Gasteiger partial charge in [-0.2, -0.15) is 0 Å². The molecule has 2 aliphatic rings. The molecule has 23 heavy (non-hydrogen) atoms. The largest absolute Gasteiger partial charge is 0.388 e. The summed E-state index contributed by atoms with van der Waals surface area (Å²) in [5.74, 6) is 0. The lowest BCUT2D eigenvalue weighted by Crippen LogP contribution is -2.57. The highest BCUT2D eigenvalue weighted by atomic mass is 16.8. The molecule has 0 spiro atoms. The van der Waals surface area contributed by atoms with Crippen LogP contribution in [0.25, 0.3) is 0 Å². The first kappa shape index (κ1) is 18.9. The van der Waals surface area contributed by atoms with Gasteiger partial charge in [0.15, 0.2) is 12.6 Å². The van der Waals surface area contributed by atoms with Crippen molar-refractivity contribution in [3.8, 4) is 0 Å². The van der Waals surface area contributed by atoms with E-state index in [0.717, 1.165) is 0 Å². The van der Waals surface area contributed by atoms with Gasteiger partial charge in [-0.15, -0.1) is 0 Å². The lowest BCUT2D eigenvalue weighted by atomic mass is 10.0. The summed E-state index contributed by atoms with van der Waals surface area (Å²) < 4.78 is 25.4. The molecule has 2 fully saturated rings. The molecule has 0 unspecified atom stereocenters. The first-order valence-corrected chi connectivity index (χ1v) is 7.24. The molecule has 0 aromatic heterocycles. The molecule has 2 heterocycles. The first-order chi connectivity index (χ1) is 10.8. The number of rotatable bonds is 6. The van der Waals surface area contributed by atoms with Crippen LogP contribution in [0.3, 0.4) is 0 Å². The van der Waals surface area contributed by atoms with Crippen molar-refractivity contribution in [1.82, 2.24) is 0 Å². The molecular weight excluding hydrogens is 316 g/mol. The zero-order valence-corrected chi connectivity index (χ0v) is 12.9. The van der Waals surface area contributed by atoms with Crippen LogP contribution in [0.2, 0.25) is 0 Å². The fraction of sp³-hybridized carbons (Fsp3) is 1.00. The zero-order chi connectivity index (χ0) is 17.2. The maximum absolute atomic E-state index is 10.2. The fourth-order valence-electron chi connectivity index (χ4n) is 2.46. The molecule has 0 saturated carbocycles. The van der Waals surface area contributed by atoms with Crippen LogP contribution in [0, 0.1) is 0 Å². The van der Waals surface area contributed by atoms with Crippen molar-refractivity contribution in [2.45, 2.75) is 55.6 Å². The zero-order valence-electron chi connectivity index (χ0n) is 12.9. The topological polar surface area (TPSA) is 147 Å². The third-order valence-electron chi connectivity index (χ3n) is 4.01. The highest BCUT2D eigenvalue weighted by Gasteiger charge is 2.49. The van der Waals surface area contributed by atoms with Crippen LogP contribution in [-0.2, 0) is 23.7 Å². The van der Waals surface area contributed by atoms with Crippen molar-refractivity contribution < 1.29 is 49.2 Å². The van der Waals surface area contributed by atoms with Crippen LogP contribution < -0.4 is 0 Å². The molecule has 136 valence electrons. The second kappa shape index (κ2) is 7.66. The molecule has 8 atom stereocenters. The summed E-state index contributed by atoms with van der Waals surface area (Å²) in [6.07, 6.45) is -8.19. The van der Waals surface area contributed by atoms with Crippen LogP contribution >= 0.6 is 0 Å². The summed E-state index contributed by atoms with van der Waals surface area (Å²) in [4.78, 5) is 0. The summed E-state index contributed by atoms with van der Waals surface area (Å²) in [7, 11) is 1.34. The summed E-state index contributed by atoms with van der Waals surface area (Å²) in [6, 6.07) is 0. The number of hydrogen-bond donors (Lipinski definition) is 5. The monoisotopic (exact) mass is 340 g/mol. The first-order valence-electron chi connectivity index (χ1n) is 7.24. The van der Waals surface area contributed by atoms with Crippen LogP contribution in [0.1, 0.15) is 6.92 Å². The molecule has 0 bridgehead atoms. The number of aliphatic hydroxyl groups is 5. The lowest BCUT2D eigenvalue weighted by Gasteiger charge is -2.38. The Morgan fingerprint density at radius 2 is 1.78 bits per heavy atom. The maximum Gasteiger partial charge on any atom is 0.189 e. The molecule has 0 aromatic carbocycles. The van der Waals surface area contributed by atoms with E-state index < -0.39 is 48.7 Å². The van der Waals surface area contributed by atoms with Gasteiger partial charge in [-0.1, -0.05) is 0 Å². The normalized spacial score (nSPS) is 47.9. The molecule has 2 aliphatic heterocycles. The Kier molecular flexibility index (Phi) is 6.30. The number of methoxy groups -OCH3 is 1. The van der Waals surface area contributed by atoms with E-state index in [-0.39, 0.29) is 20.0 Å². The Morgan fingerprint density at radius 1 is 1.09 bits per heavy atom.